The summed E-state index contributed by atoms with van der Waals surface area (Å²) in [7, 11) is 1.78. The molecule has 1 aromatic carbocycles. The van der Waals surface area contributed by atoms with Gasteiger partial charge in [0.1, 0.15) is 0 Å². The minimum absolute atomic E-state index is 0.232. The maximum atomic E-state index is 12.3. The summed E-state index contributed by atoms with van der Waals surface area (Å²) >= 11 is 0. The molecule has 132 valence electrons. The molecule has 1 aliphatic heterocycles. The lowest BCUT2D eigenvalue weighted by Crippen LogP contribution is -2.38. The van der Waals surface area contributed by atoms with E-state index < -0.39 is 0 Å². The van der Waals surface area contributed by atoms with Gasteiger partial charge in [-0.1, -0.05) is 38.1 Å². The number of hydrogen-bond acceptors (Lipinski definition) is 2. The lowest BCUT2D eigenvalue weighted by Gasteiger charge is -2.16. The number of amides is 1. The Balaban J connectivity index is 1.63. The molecule has 0 unspecified atom stereocenters. The number of rotatable bonds is 7. The van der Waals surface area contributed by atoms with E-state index >= 15 is 0 Å². The number of carbonyl (C=O) groups excluding carboxylic acids is 1. The summed E-state index contributed by atoms with van der Waals surface area (Å²) in [6, 6.07) is 8.29. The third-order valence-electron chi connectivity index (χ3n) is 4.29. The van der Waals surface area contributed by atoms with E-state index in [9.17, 15) is 4.79 Å². The highest BCUT2D eigenvalue weighted by atomic mass is 16.2. The van der Waals surface area contributed by atoms with Gasteiger partial charge >= 0.3 is 0 Å². The number of nitrogens with zero attached hydrogens (tertiary/aromatic N) is 2. The van der Waals surface area contributed by atoms with Crippen LogP contribution < -0.4 is 10.6 Å². The molecular formula is C19H30N4O. The molecule has 1 heterocycles. The van der Waals surface area contributed by atoms with Gasteiger partial charge in [0.05, 0.1) is 0 Å². The monoisotopic (exact) mass is 330 g/mol. The van der Waals surface area contributed by atoms with Gasteiger partial charge in [-0.15, -0.1) is 0 Å². The molecule has 0 radical (unpaired) electrons. The maximum Gasteiger partial charge on any atom is 0.223 e. The highest BCUT2D eigenvalue weighted by molar-refractivity contribution is 5.80. The van der Waals surface area contributed by atoms with Gasteiger partial charge in [-0.25, -0.2) is 0 Å². The van der Waals surface area contributed by atoms with Crippen molar-refractivity contribution in [3.63, 3.8) is 0 Å². The van der Waals surface area contributed by atoms with Crippen molar-refractivity contribution in [1.82, 2.24) is 15.5 Å². The van der Waals surface area contributed by atoms with Crippen molar-refractivity contribution in [3.8, 4) is 0 Å². The van der Waals surface area contributed by atoms with Gasteiger partial charge in [-0.3, -0.25) is 9.79 Å². The van der Waals surface area contributed by atoms with Crippen LogP contribution in [0.25, 0.3) is 0 Å². The lowest BCUT2D eigenvalue weighted by atomic mass is 10.1. The molecule has 0 saturated heterocycles. The van der Waals surface area contributed by atoms with Crippen LogP contribution in [0.5, 0.6) is 0 Å². The van der Waals surface area contributed by atoms with Crippen molar-refractivity contribution < 1.29 is 4.79 Å². The zero-order chi connectivity index (χ0) is 17.4. The van der Waals surface area contributed by atoms with E-state index in [1.54, 1.807) is 7.05 Å². The molecule has 2 N–H and O–H groups in total. The second-order valence-corrected chi connectivity index (χ2v) is 6.73. The summed E-state index contributed by atoms with van der Waals surface area (Å²) in [6.45, 7) is 7.60. The van der Waals surface area contributed by atoms with Crippen molar-refractivity contribution in [2.24, 2.45) is 10.9 Å². The Hall–Kier alpha value is -2.04. The zero-order valence-corrected chi connectivity index (χ0v) is 15.1. The van der Waals surface area contributed by atoms with Crippen molar-refractivity contribution in [2.45, 2.75) is 46.2 Å². The quantitative estimate of drug-likeness (QED) is 0.459. The van der Waals surface area contributed by atoms with Gasteiger partial charge < -0.3 is 15.5 Å². The summed E-state index contributed by atoms with van der Waals surface area (Å²) in [5.41, 5.74) is 2.55. The Kier molecular flexibility index (Phi) is 7.09. The smallest absolute Gasteiger partial charge is 0.223 e. The van der Waals surface area contributed by atoms with E-state index in [1.807, 2.05) is 17.0 Å². The molecular weight excluding hydrogens is 300 g/mol. The van der Waals surface area contributed by atoms with Crippen molar-refractivity contribution in [1.29, 1.82) is 0 Å². The number of fused-ring (bicyclic) bond motifs is 1. The summed E-state index contributed by atoms with van der Waals surface area (Å²) in [6.07, 6.45) is 2.51. The molecule has 5 nitrogen and oxygen atoms in total. The minimum Gasteiger partial charge on any atom is -0.356 e. The van der Waals surface area contributed by atoms with Crippen LogP contribution >= 0.6 is 0 Å². The van der Waals surface area contributed by atoms with E-state index in [1.165, 1.54) is 11.1 Å². The second kappa shape index (κ2) is 9.30. The Labute approximate surface area is 145 Å². The Morgan fingerprint density at radius 1 is 1.17 bits per heavy atom. The molecule has 0 aliphatic carbocycles. The molecule has 1 aliphatic rings. The van der Waals surface area contributed by atoms with Gasteiger partial charge in [0, 0.05) is 39.6 Å². The largest absolute Gasteiger partial charge is 0.356 e. The molecule has 24 heavy (non-hydrogen) atoms. The predicted molar refractivity (Wildman–Crippen MR) is 98.7 cm³/mol. The zero-order valence-electron chi connectivity index (χ0n) is 15.1. The topological polar surface area (TPSA) is 56.7 Å². The normalized spacial score (nSPS) is 14.0. The van der Waals surface area contributed by atoms with E-state index in [2.05, 4.69) is 41.6 Å². The maximum absolute atomic E-state index is 12.3. The highest BCUT2D eigenvalue weighted by Crippen LogP contribution is 2.22. The first-order chi connectivity index (χ1) is 11.6. The van der Waals surface area contributed by atoms with Crippen LogP contribution in [0, 0.1) is 5.92 Å². The SMILES string of the molecule is CN=C(NCCCC(=O)N1Cc2ccccc2C1)NCCC(C)C. The Morgan fingerprint density at radius 3 is 2.38 bits per heavy atom. The van der Waals surface area contributed by atoms with Crippen LogP contribution in [0.15, 0.2) is 29.3 Å². The number of benzene rings is 1. The van der Waals surface area contributed by atoms with Gasteiger partial charge in [0.25, 0.3) is 0 Å². The third kappa shape index (κ3) is 5.55. The standard InChI is InChI=1S/C19H30N4O/c1-15(2)10-12-22-19(20-3)21-11-6-9-18(24)23-13-16-7-4-5-8-17(16)14-23/h4-5,7-8,15H,6,9-14H2,1-3H3,(H2,20,21,22). The average molecular weight is 330 g/mol. The van der Waals surface area contributed by atoms with Crippen LogP contribution in [0.2, 0.25) is 0 Å². The first-order valence-electron chi connectivity index (χ1n) is 8.89. The van der Waals surface area contributed by atoms with Crippen LogP contribution in [0.4, 0.5) is 0 Å². The number of nitrogens with one attached hydrogen (secondary N) is 2. The highest BCUT2D eigenvalue weighted by Gasteiger charge is 2.22. The second-order valence-electron chi connectivity index (χ2n) is 6.73. The molecule has 0 saturated carbocycles. The van der Waals surface area contributed by atoms with E-state index in [-0.39, 0.29) is 5.91 Å². The molecule has 1 aromatic rings. The van der Waals surface area contributed by atoms with Crippen molar-refractivity contribution in [2.75, 3.05) is 20.1 Å². The molecule has 0 spiro atoms. The number of hydrogen-bond donors (Lipinski definition) is 2. The van der Waals surface area contributed by atoms with Crippen molar-refractivity contribution >= 4 is 11.9 Å². The third-order valence-corrected chi connectivity index (χ3v) is 4.29. The van der Waals surface area contributed by atoms with Crippen LogP contribution in [-0.4, -0.2) is 36.9 Å². The van der Waals surface area contributed by atoms with Gasteiger partial charge in [0.15, 0.2) is 5.96 Å². The molecule has 0 fully saturated rings. The molecule has 5 heteroatoms. The summed E-state index contributed by atoms with van der Waals surface area (Å²) in [5.74, 6) is 1.73. The number of guanidine groups is 1. The predicted octanol–water partition coefficient (Wildman–Crippen LogP) is 2.52. The molecule has 2 rings (SSSR count). The summed E-state index contributed by atoms with van der Waals surface area (Å²) in [4.78, 5) is 18.5. The fraction of sp³-hybridized carbons (Fsp3) is 0.579. The van der Waals surface area contributed by atoms with Crippen molar-refractivity contribution in [3.05, 3.63) is 35.4 Å². The van der Waals surface area contributed by atoms with E-state index in [0.717, 1.165) is 45.0 Å². The van der Waals surface area contributed by atoms with Gasteiger partial charge in [-0.05, 0) is 29.9 Å². The van der Waals surface area contributed by atoms with Crippen LogP contribution in [0.3, 0.4) is 0 Å². The van der Waals surface area contributed by atoms with E-state index in [0.29, 0.717) is 12.3 Å². The molecule has 0 aromatic heterocycles. The average Bonchev–Trinajstić information content (AvgIpc) is 3.00. The van der Waals surface area contributed by atoms with Gasteiger partial charge in [0.2, 0.25) is 5.91 Å². The fourth-order valence-electron chi connectivity index (χ4n) is 2.81. The summed E-state index contributed by atoms with van der Waals surface area (Å²) < 4.78 is 0. The molecule has 0 atom stereocenters. The minimum atomic E-state index is 0.232. The lowest BCUT2D eigenvalue weighted by molar-refractivity contribution is -0.131. The first-order valence-corrected chi connectivity index (χ1v) is 8.89. The Morgan fingerprint density at radius 2 is 1.79 bits per heavy atom. The van der Waals surface area contributed by atoms with Crippen LogP contribution in [-0.2, 0) is 17.9 Å². The molecule has 0 bridgehead atoms. The van der Waals surface area contributed by atoms with Gasteiger partial charge in [-0.2, -0.15) is 0 Å². The van der Waals surface area contributed by atoms with E-state index in [4.69, 9.17) is 0 Å². The number of aliphatic imine (C=N–C) groups is 1. The summed E-state index contributed by atoms with van der Waals surface area (Å²) in [5, 5.41) is 6.57. The number of carbonyl (C=O) groups is 1. The fourth-order valence-corrected chi connectivity index (χ4v) is 2.81. The first kappa shape index (κ1) is 18.3. The van der Waals surface area contributed by atoms with Crippen LogP contribution in [0.1, 0.15) is 44.2 Å². The Bertz CT molecular complexity index is 543. The molecule has 1 amide bonds.